The Kier molecular flexibility index (Phi) is 4.37. The SMILES string of the molecule is Fc1ccccc1-c1nnn(Cc2ccc(-c3nnc(C(F)F)o3)cc2)n1. The Morgan fingerprint density at radius 1 is 0.963 bits per heavy atom. The second-order valence-corrected chi connectivity index (χ2v) is 5.57. The molecule has 0 radical (unpaired) electrons. The molecule has 27 heavy (non-hydrogen) atoms. The maximum Gasteiger partial charge on any atom is 0.314 e. The van der Waals surface area contributed by atoms with Crippen LogP contribution in [-0.2, 0) is 6.54 Å². The molecule has 10 heteroatoms. The molecule has 4 aromatic rings. The highest BCUT2D eigenvalue weighted by Gasteiger charge is 2.17. The van der Waals surface area contributed by atoms with E-state index in [2.05, 4.69) is 25.6 Å². The maximum absolute atomic E-state index is 13.8. The standard InChI is InChI=1S/C17H11F3N6O/c18-13-4-2-1-3-12(13)15-21-25-26(24-15)9-10-5-7-11(8-6-10)16-22-23-17(27-16)14(19)20/h1-8,14H,9H2. The van der Waals surface area contributed by atoms with Crippen molar-refractivity contribution in [3.8, 4) is 22.8 Å². The van der Waals surface area contributed by atoms with E-state index in [9.17, 15) is 13.2 Å². The summed E-state index contributed by atoms with van der Waals surface area (Å²) in [6.07, 6.45) is -2.81. The highest BCUT2D eigenvalue weighted by molar-refractivity contribution is 5.54. The quantitative estimate of drug-likeness (QED) is 0.533. The molecule has 0 aliphatic heterocycles. The molecular formula is C17H11F3N6O. The zero-order valence-corrected chi connectivity index (χ0v) is 13.6. The van der Waals surface area contributed by atoms with Crippen LogP contribution in [-0.4, -0.2) is 30.4 Å². The van der Waals surface area contributed by atoms with Crippen molar-refractivity contribution in [2.45, 2.75) is 13.0 Å². The number of nitrogens with zero attached hydrogens (tertiary/aromatic N) is 6. The molecule has 0 bridgehead atoms. The summed E-state index contributed by atoms with van der Waals surface area (Å²) in [5, 5.41) is 18.8. The molecule has 0 aliphatic carbocycles. The van der Waals surface area contributed by atoms with Crippen LogP contribution in [0.15, 0.2) is 52.9 Å². The van der Waals surface area contributed by atoms with Crippen LogP contribution in [0.1, 0.15) is 17.9 Å². The Hall–Kier alpha value is -3.56. The number of alkyl halides is 2. The average Bonchev–Trinajstić information content (AvgIpc) is 3.33. The molecule has 2 heterocycles. The van der Waals surface area contributed by atoms with Crippen molar-refractivity contribution in [2.75, 3.05) is 0 Å². The van der Waals surface area contributed by atoms with E-state index < -0.39 is 18.1 Å². The normalized spacial score (nSPS) is 11.3. The first-order chi connectivity index (χ1) is 13.1. The number of tetrazole rings is 1. The third-order valence-electron chi connectivity index (χ3n) is 3.72. The lowest BCUT2D eigenvalue weighted by Gasteiger charge is -2.01. The Labute approximate surface area is 150 Å². The molecule has 2 aromatic heterocycles. The average molecular weight is 372 g/mol. The van der Waals surface area contributed by atoms with Crippen LogP contribution in [0.3, 0.4) is 0 Å². The number of rotatable bonds is 5. The molecule has 0 fully saturated rings. The lowest BCUT2D eigenvalue weighted by molar-refractivity contribution is 0.116. The fourth-order valence-corrected chi connectivity index (χ4v) is 2.42. The van der Waals surface area contributed by atoms with Gasteiger partial charge in [-0.15, -0.1) is 20.4 Å². The van der Waals surface area contributed by atoms with Gasteiger partial charge in [0.1, 0.15) is 5.82 Å². The first-order valence-electron chi connectivity index (χ1n) is 7.84. The molecule has 7 nitrogen and oxygen atoms in total. The fraction of sp³-hybridized carbons (Fsp3) is 0.118. The van der Waals surface area contributed by atoms with E-state index in [0.29, 0.717) is 12.1 Å². The van der Waals surface area contributed by atoms with Crippen molar-refractivity contribution >= 4 is 0 Å². The van der Waals surface area contributed by atoms with Crippen LogP contribution in [0, 0.1) is 5.82 Å². The van der Waals surface area contributed by atoms with Gasteiger partial charge in [-0.25, -0.2) is 4.39 Å². The van der Waals surface area contributed by atoms with Crippen molar-refractivity contribution in [1.82, 2.24) is 30.4 Å². The first kappa shape index (κ1) is 16.9. The Balaban J connectivity index is 1.50. The second kappa shape index (κ2) is 6.98. The summed E-state index contributed by atoms with van der Waals surface area (Å²) in [7, 11) is 0. The topological polar surface area (TPSA) is 82.5 Å². The minimum absolute atomic E-state index is 0.0116. The molecule has 0 atom stereocenters. The summed E-state index contributed by atoms with van der Waals surface area (Å²) < 4.78 is 43.7. The molecule has 0 amide bonds. The Morgan fingerprint density at radius 3 is 2.44 bits per heavy atom. The van der Waals surface area contributed by atoms with E-state index in [-0.39, 0.29) is 17.3 Å². The van der Waals surface area contributed by atoms with Gasteiger partial charge in [-0.1, -0.05) is 24.3 Å². The van der Waals surface area contributed by atoms with Gasteiger partial charge in [0.15, 0.2) is 0 Å². The van der Waals surface area contributed by atoms with Crippen LogP contribution in [0.2, 0.25) is 0 Å². The number of hydrogen-bond acceptors (Lipinski definition) is 6. The van der Waals surface area contributed by atoms with Gasteiger partial charge in [0.05, 0.1) is 12.1 Å². The summed E-state index contributed by atoms with van der Waals surface area (Å²) in [6, 6.07) is 13.0. The van der Waals surface area contributed by atoms with Gasteiger partial charge >= 0.3 is 6.43 Å². The molecule has 0 unspecified atom stereocenters. The van der Waals surface area contributed by atoms with E-state index in [1.807, 2.05) is 0 Å². The van der Waals surface area contributed by atoms with Crippen molar-refractivity contribution in [1.29, 1.82) is 0 Å². The van der Waals surface area contributed by atoms with Gasteiger partial charge in [-0.2, -0.15) is 13.6 Å². The molecule has 0 saturated heterocycles. The first-order valence-corrected chi connectivity index (χ1v) is 7.84. The van der Waals surface area contributed by atoms with Gasteiger partial charge in [-0.3, -0.25) is 0 Å². The fourth-order valence-electron chi connectivity index (χ4n) is 2.42. The number of benzene rings is 2. The van der Waals surface area contributed by atoms with Crippen molar-refractivity contribution < 1.29 is 17.6 Å². The Bertz CT molecular complexity index is 1060. The van der Waals surface area contributed by atoms with E-state index in [1.165, 1.54) is 10.9 Å². The van der Waals surface area contributed by atoms with Crippen LogP contribution in [0.25, 0.3) is 22.8 Å². The molecule has 0 saturated carbocycles. The monoisotopic (exact) mass is 372 g/mol. The zero-order chi connectivity index (χ0) is 18.8. The third-order valence-corrected chi connectivity index (χ3v) is 3.72. The van der Waals surface area contributed by atoms with Crippen molar-refractivity contribution in [2.24, 2.45) is 0 Å². The molecule has 136 valence electrons. The van der Waals surface area contributed by atoms with E-state index >= 15 is 0 Å². The predicted octanol–water partition coefficient (Wildman–Crippen LogP) is 3.52. The maximum atomic E-state index is 13.8. The summed E-state index contributed by atoms with van der Waals surface area (Å²) in [6.45, 7) is 0.299. The minimum Gasteiger partial charge on any atom is -0.415 e. The van der Waals surface area contributed by atoms with Gasteiger partial charge in [-0.05, 0) is 35.0 Å². The molecule has 0 aliphatic rings. The predicted molar refractivity (Wildman–Crippen MR) is 87.0 cm³/mol. The third kappa shape index (κ3) is 3.54. The molecule has 2 aromatic carbocycles. The van der Waals surface area contributed by atoms with E-state index in [0.717, 1.165) is 5.56 Å². The van der Waals surface area contributed by atoms with Gasteiger partial charge in [0, 0.05) is 5.56 Å². The van der Waals surface area contributed by atoms with Crippen LogP contribution >= 0.6 is 0 Å². The minimum atomic E-state index is -2.81. The smallest absolute Gasteiger partial charge is 0.314 e. The van der Waals surface area contributed by atoms with Crippen LogP contribution in [0.5, 0.6) is 0 Å². The van der Waals surface area contributed by atoms with Crippen molar-refractivity contribution in [3.63, 3.8) is 0 Å². The van der Waals surface area contributed by atoms with E-state index in [4.69, 9.17) is 4.42 Å². The summed E-state index contributed by atoms with van der Waals surface area (Å²) in [5.74, 6) is -0.946. The van der Waals surface area contributed by atoms with Crippen LogP contribution < -0.4 is 0 Å². The molecule has 4 rings (SSSR count). The summed E-state index contributed by atoms with van der Waals surface area (Å²) in [5.41, 5.74) is 1.60. The highest BCUT2D eigenvalue weighted by Crippen LogP contribution is 2.23. The largest absolute Gasteiger partial charge is 0.415 e. The Morgan fingerprint density at radius 2 is 1.74 bits per heavy atom. The summed E-state index contributed by atoms with van der Waals surface area (Å²) in [4.78, 5) is 1.33. The highest BCUT2D eigenvalue weighted by atomic mass is 19.3. The summed E-state index contributed by atoms with van der Waals surface area (Å²) >= 11 is 0. The van der Waals surface area contributed by atoms with Gasteiger partial charge in [0.2, 0.25) is 11.7 Å². The molecular weight excluding hydrogens is 361 g/mol. The lowest BCUT2D eigenvalue weighted by Crippen LogP contribution is -2.04. The number of hydrogen-bond donors (Lipinski definition) is 0. The van der Waals surface area contributed by atoms with E-state index in [1.54, 1.807) is 42.5 Å². The zero-order valence-electron chi connectivity index (χ0n) is 13.6. The number of aromatic nitrogens is 6. The van der Waals surface area contributed by atoms with Crippen molar-refractivity contribution in [3.05, 3.63) is 65.8 Å². The van der Waals surface area contributed by atoms with Crippen LogP contribution in [0.4, 0.5) is 13.2 Å². The second-order valence-electron chi connectivity index (χ2n) is 5.57. The molecule has 0 N–H and O–H groups in total. The lowest BCUT2D eigenvalue weighted by atomic mass is 10.1. The molecule has 0 spiro atoms. The number of halogens is 3. The van der Waals surface area contributed by atoms with Gasteiger partial charge in [0.25, 0.3) is 5.89 Å². The van der Waals surface area contributed by atoms with Gasteiger partial charge < -0.3 is 4.42 Å².